The lowest BCUT2D eigenvalue weighted by Crippen LogP contribution is -2.61. The molecule has 0 aliphatic carbocycles. The number of hydrogen-bond donors (Lipinski definition) is 0. The van der Waals surface area contributed by atoms with Crippen LogP contribution < -0.4 is 26.2 Å². The van der Waals surface area contributed by atoms with Gasteiger partial charge in [0.25, 0.3) is 6.71 Å². The van der Waals surface area contributed by atoms with Crippen LogP contribution in [0.3, 0.4) is 0 Å². The van der Waals surface area contributed by atoms with E-state index in [-0.39, 0.29) is 28.4 Å². The van der Waals surface area contributed by atoms with Crippen molar-refractivity contribution in [3.63, 3.8) is 0 Å². The molecule has 2 aliphatic rings. The lowest BCUT2D eigenvalue weighted by molar-refractivity contribution is 0.568. The number of anilines is 6. The topological polar surface area (TPSA) is 45.2 Å². The van der Waals surface area contributed by atoms with Gasteiger partial charge in [-0.25, -0.2) is 15.0 Å². The minimum absolute atomic E-state index is 0.137. The van der Waals surface area contributed by atoms with Crippen LogP contribution in [-0.4, -0.2) is 21.7 Å². The van der Waals surface area contributed by atoms with Crippen LogP contribution in [0.4, 0.5) is 34.1 Å². The van der Waals surface area contributed by atoms with Gasteiger partial charge in [0.2, 0.25) is 0 Å². The van der Waals surface area contributed by atoms with Gasteiger partial charge in [0, 0.05) is 61.6 Å². The van der Waals surface area contributed by atoms with Gasteiger partial charge in [0.05, 0.1) is 0 Å². The maximum absolute atomic E-state index is 5.76. The van der Waals surface area contributed by atoms with Crippen LogP contribution >= 0.6 is 0 Å². The minimum Gasteiger partial charge on any atom is -0.311 e. The van der Waals surface area contributed by atoms with Crippen molar-refractivity contribution in [2.45, 2.75) is 105 Å². The molecule has 5 nitrogen and oxygen atoms in total. The van der Waals surface area contributed by atoms with Crippen LogP contribution in [-0.2, 0) is 21.7 Å². The highest BCUT2D eigenvalue weighted by Gasteiger charge is 2.45. The first-order valence-corrected chi connectivity index (χ1v) is 30.9. The second-order valence-electron chi connectivity index (χ2n) is 28.2. The van der Waals surface area contributed by atoms with Crippen molar-refractivity contribution in [3.8, 4) is 56.4 Å². The molecule has 0 unspecified atom stereocenters. The van der Waals surface area contributed by atoms with E-state index in [1.807, 2.05) is 0 Å². The quantitative estimate of drug-likeness (QED) is 0.149. The summed E-state index contributed by atoms with van der Waals surface area (Å²) in [6, 6.07) is 85.8. The SMILES string of the molecule is CC(C)(C)c1cc(-c2nc(-c3cc(C(C)(C)C)cc(C(C)(C)C)c3)nc(-c3cc4c5c(c3)N(c3ccc(-c6ccccc6)cc3)c3c(ccc6ccccc36)B5c3ccc5ccccc5c3N4c3ccc(-c4ccccc4)cc3)n2)cc(C(C)(C)C)c1. The monoisotopic (exact) mass is 1130 g/mol. The van der Waals surface area contributed by atoms with E-state index in [2.05, 4.69) is 323 Å². The molecule has 0 saturated heterocycles. The average Bonchev–Trinajstić information content (AvgIpc) is 0.714. The first-order valence-electron chi connectivity index (χ1n) is 30.9. The van der Waals surface area contributed by atoms with Crippen LogP contribution in [0.1, 0.15) is 105 Å². The highest BCUT2D eigenvalue weighted by Crippen LogP contribution is 2.50. The maximum atomic E-state index is 5.76. The van der Waals surface area contributed by atoms with Crippen molar-refractivity contribution < 1.29 is 0 Å². The van der Waals surface area contributed by atoms with Gasteiger partial charge in [0.1, 0.15) is 0 Å². The average molecular weight is 1130 g/mol. The van der Waals surface area contributed by atoms with Gasteiger partial charge in [-0.05, 0) is 154 Å². The van der Waals surface area contributed by atoms with Gasteiger partial charge < -0.3 is 9.80 Å². The number of aromatic nitrogens is 3. The highest BCUT2D eigenvalue weighted by atomic mass is 15.2. The van der Waals surface area contributed by atoms with Crippen LogP contribution in [0.25, 0.3) is 78.0 Å². The van der Waals surface area contributed by atoms with Crippen LogP contribution in [0, 0.1) is 0 Å². The predicted octanol–water partition coefficient (Wildman–Crippen LogP) is 19.8. The molecule has 11 aromatic carbocycles. The van der Waals surface area contributed by atoms with Gasteiger partial charge in [-0.15, -0.1) is 0 Å². The highest BCUT2D eigenvalue weighted by molar-refractivity contribution is 7.00. The van der Waals surface area contributed by atoms with E-state index in [9.17, 15) is 0 Å². The van der Waals surface area contributed by atoms with E-state index in [4.69, 9.17) is 15.0 Å². The van der Waals surface area contributed by atoms with Gasteiger partial charge in [-0.3, -0.25) is 0 Å². The fourth-order valence-corrected chi connectivity index (χ4v) is 13.1. The Morgan fingerprint density at radius 2 is 0.598 bits per heavy atom. The Morgan fingerprint density at radius 1 is 0.287 bits per heavy atom. The molecule has 0 bridgehead atoms. The van der Waals surface area contributed by atoms with E-state index >= 15 is 0 Å². The van der Waals surface area contributed by atoms with E-state index in [1.165, 1.54) is 82.7 Å². The molecule has 0 spiro atoms. The molecule has 0 atom stereocenters. The minimum atomic E-state index is -0.139. The van der Waals surface area contributed by atoms with E-state index in [0.29, 0.717) is 17.5 Å². The Bertz CT molecular complexity index is 4300. The van der Waals surface area contributed by atoms with E-state index in [1.54, 1.807) is 0 Å². The fourth-order valence-electron chi connectivity index (χ4n) is 13.1. The molecule has 426 valence electrons. The summed E-state index contributed by atoms with van der Waals surface area (Å²) in [5.41, 5.74) is 22.3. The first-order chi connectivity index (χ1) is 41.6. The van der Waals surface area contributed by atoms with Crippen molar-refractivity contribution >= 4 is 78.8 Å². The Labute approximate surface area is 514 Å². The second-order valence-corrected chi connectivity index (χ2v) is 28.2. The Morgan fingerprint density at radius 3 is 0.943 bits per heavy atom. The number of benzene rings is 11. The standard InChI is InChI=1S/C81H74BN5/c1-78(2,3)60-43-57(44-61(49-60)79(4,5)6)75-83-76(58-45-62(80(7,8)9)50-63(46-58)81(10,11)12)85-77(84-75)59-47-70-72-71(48-59)87(65-39-33-54(34-40-65)52-25-17-14-18-26-52)74-67-30-22-20-28-56(67)36-42-69(74)82(72)68-41-35-55-27-19-21-29-66(55)73(68)86(70)64-37-31-53(32-38-64)51-23-15-13-16-24-51/h13-50H,1-12H3. The normalized spacial score (nSPS) is 13.2. The second kappa shape index (κ2) is 20.7. The summed E-state index contributed by atoms with van der Waals surface area (Å²) in [4.78, 5) is 22.2. The first kappa shape index (κ1) is 55.5. The Hall–Kier alpha value is -9.39. The molecule has 0 amide bonds. The summed E-state index contributed by atoms with van der Waals surface area (Å²) in [5.74, 6) is 1.89. The Kier molecular flexibility index (Phi) is 13.2. The van der Waals surface area contributed by atoms with Gasteiger partial charge in [0.15, 0.2) is 17.5 Å². The van der Waals surface area contributed by atoms with Crippen LogP contribution in [0.5, 0.6) is 0 Å². The Balaban J connectivity index is 1.11. The van der Waals surface area contributed by atoms with Crippen LogP contribution in [0.15, 0.2) is 231 Å². The summed E-state index contributed by atoms with van der Waals surface area (Å²) < 4.78 is 0. The number of rotatable bonds is 7. The van der Waals surface area contributed by atoms with E-state index in [0.717, 1.165) is 50.6 Å². The zero-order valence-corrected chi connectivity index (χ0v) is 52.3. The van der Waals surface area contributed by atoms with Gasteiger partial charge >= 0.3 is 0 Å². The maximum Gasteiger partial charge on any atom is 0.252 e. The fraction of sp³-hybridized carbons (Fsp3) is 0.198. The number of fused-ring (bicyclic) bond motifs is 8. The molecule has 6 heteroatoms. The van der Waals surface area contributed by atoms with Gasteiger partial charge in [-0.2, -0.15) is 0 Å². The van der Waals surface area contributed by atoms with Crippen LogP contribution in [0.2, 0.25) is 0 Å². The zero-order chi connectivity index (χ0) is 60.3. The lowest BCUT2D eigenvalue weighted by Gasteiger charge is -2.45. The largest absolute Gasteiger partial charge is 0.311 e. The molecule has 0 fully saturated rings. The molecule has 3 heterocycles. The van der Waals surface area contributed by atoms with Crippen molar-refractivity contribution in [1.29, 1.82) is 0 Å². The summed E-state index contributed by atoms with van der Waals surface area (Å²) in [6.07, 6.45) is 0. The molecule has 0 saturated carbocycles. The summed E-state index contributed by atoms with van der Waals surface area (Å²) >= 11 is 0. The van der Waals surface area contributed by atoms with Crippen molar-refractivity contribution in [2.24, 2.45) is 0 Å². The molecule has 2 aliphatic heterocycles. The summed E-state index contributed by atoms with van der Waals surface area (Å²) in [5, 5.41) is 4.74. The predicted molar refractivity (Wildman–Crippen MR) is 371 cm³/mol. The molecule has 14 rings (SSSR count). The molecular formula is C81H74BN5. The third kappa shape index (κ3) is 9.99. The molecule has 0 radical (unpaired) electrons. The molecule has 1 aromatic heterocycles. The molecule has 12 aromatic rings. The summed E-state index contributed by atoms with van der Waals surface area (Å²) in [6.45, 7) is 27.4. The van der Waals surface area contributed by atoms with Crippen molar-refractivity contribution in [3.05, 3.63) is 253 Å². The number of nitrogens with zero attached hydrogens (tertiary/aromatic N) is 5. The van der Waals surface area contributed by atoms with Crippen molar-refractivity contribution in [2.75, 3.05) is 9.80 Å². The number of hydrogen-bond acceptors (Lipinski definition) is 5. The zero-order valence-electron chi connectivity index (χ0n) is 52.3. The van der Waals surface area contributed by atoms with Gasteiger partial charge in [-0.1, -0.05) is 253 Å². The third-order valence-electron chi connectivity index (χ3n) is 18.0. The summed E-state index contributed by atoms with van der Waals surface area (Å²) in [7, 11) is 0. The molecular weight excluding hydrogens is 1050 g/mol. The van der Waals surface area contributed by atoms with Crippen molar-refractivity contribution in [1.82, 2.24) is 15.0 Å². The smallest absolute Gasteiger partial charge is 0.252 e. The molecule has 87 heavy (non-hydrogen) atoms. The third-order valence-corrected chi connectivity index (χ3v) is 18.0. The lowest BCUT2D eigenvalue weighted by atomic mass is 9.33. The molecule has 0 N–H and O–H groups in total. The van der Waals surface area contributed by atoms with E-state index < -0.39 is 0 Å².